The maximum atomic E-state index is 9.90. The first kappa shape index (κ1) is 13.2. The van der Waals surface area contributed by atoms with E-state index < -0.39 is 6.10 Å². The summed E-state index contributed by atoms with van der Waals surface area (Å²) in [5.41, 5.74) is 1.44. The molecule has 0 amide bonds. The molecule has 3 N–H and O–H groups in total. The van der Waals surface area contributed by atoms with Gasteiger partial charge in [0.25, 0.3) is 0 Å². The van der Waals surface area contributed by atoms with Gasteiger partial charge in [-0.3, -0.25) is 0 Å². The van der Waals surface area contributed by atoms with Crippen LogP contribution in [0.15, 0.2) is 18.2 Å². The third-order valence-electron chi connectivity index (χ3n) is 3.87. The van der Waals surface area contributed by atoms with Gasteiger partial charge in [0.2, 0.25) is 0 Å². The lowest BCUT2D eigenvalue weighted by Gasteiger charge is -2.27. The molecule has 4 nitrogen and oxygen atoms in total. The number of benzene rings is 1. The van der Waals surface area contributed by atoms with Gasteiger partial charge in [0.15, 0.2) is 0 Å². The summed E-state index contributed by atoms with van der Waals surface area (Å²) < 4.78 is 0. The number of aromatic hydroxyl groups is 1. The van der Waals surface area contributed by atoms with Crippen molar-refractivity contribution in [2.24, 2.45) is 5.92 Å². The smallest absolute Gasteiger partial charge is 0.123 e. The van der Waals surface area contributed by atoms with E-state index in [1.54, 1.807) is 19.1 Å². The summed E-state index contributed by atoms with van der Waals surface area (Å²) in [6.45, 7) is 4.77. The second-order valence-corrected chi connectivity index (χ2v) is 5.13. The van der Waals surface area contributed by atoms with E-state index in [1.807, 2.05) is 6.07 Å². The molecule has 18 heavy (non-hydrogen) atoms. The minimum absolute atomic E-state index is 0.110. The van der Waals surface area contributed by atoms with Crippen LogP contribution in [0.5, 0.6) is 5.75 Å². The second-order valence-electron chi connectivity index (χ2n) is 5.13. The number of hydrogen-bond acceptors (Lipinski definition) is 4. The molecule has 1 aromatic rings. The van der Waals surface area contributed by atoms with E-state index in [1.165, 1.54) is 0 Å². The molecule has 1 heterocycles. The Morgan fingerprint density at radius 3 is 2.72 bits per heavy atom. The van der Waals surface area contributed by atoms with Crippen molar-refractivity contribution in [3.05, 3.63) is 23.8 Å². The number of aliphatic hydroxyl groups is 2. The predicted molar refractivity (Wildman–Crippen MR) is 70.7 cm³/mol. The maximum absolute atomic E-state index is 9.90. The number of rotatable bonds is 3. The van der Waals surface area contributed by atoms with Crippen LogP contribution < -0.4 is 4.90 Å². The third kappa shape index (κ3) is 2.31. The zero-order valence-electron chi connectivity index (χ0n) is 10.9. The molecule has 2 rings (SSSR count). The quantitative estimate of drug-likeness (QED) is 0.764. The van der Waals surface area contributed by atoms with E-state index >= 15 is 0 Å². The minimum Gasteiger partial charge on any atom is -0.507 e. The topological polar surface area (TPSA) is 63.9 Å². The largest absolute Gasteiger partial charge is 0.507 e. The maximum Gasteiger partial charge on any atom is 0.123 e. The van der Waals surface area contributed by atoms with E-state index in [4.69, 9.17) is 0 Å². The lowest BCUT2D eigenvalue weighted by Crippen LogP contribution is -2.35. The summed E-state index contributed by atoms with van der Waals surface area (Å²) in [6, 6.07) is 5.42. The van der Waals surface area contributed by atoms with Gasteiger partial charge >= 0.3 is 0 Å². The van der Waals surface area contributed by atoms with Crippen molar-refractivity contribution in [1.82, 2.24) is 0 Å². The molecular weight excluding hydrogens is 230 g/mol. The van der Waals surface area contributed by atoms with E-state index in [0.29, 0.717) is 11.5 Å². The molecule has 0 radical (unpaired) electrons. The molecule has 100 valence electrons. The minimum atomic E-state index is -0.676. The molecule has 1 aliphatic rings. The number of anilines is 1. The van der Waals surface area contributed by atoms with Crippen LogP contribution in [0.1, 0.15) is 31.9 Å². The lowest BCUT2D eigenvalue weighted by molar-refractivity contribution is 0.195. The van der Waals surface area contributed by atoms with Crippen LogP contribution in [0, 0.1) is 5.92 Å². The molecule has 0 saturated carbocycles. The molecule has 1 aliphatic heterocycles. The van der Waals surface area contributed by atoms with Crippen LogP contribution in [0.3, 0.4) is 0 Å². The van der Waals surface area contributed by atoms with Crippen LogP contribution >= 0.6 is 0 Å². The fourth-order valence-electron chi connectivity index (χ4n) is 2.67. The first-order valence-corrected chi connectivity index (χ1v) is 6.43. The molecule has 0 aromatic heterocycles. The van der Waals surface area contributed by atoms with Gasteiger partial charge < -0.3 is 20.2 Å². The van der Waals surface area contributed by atoms with Gasteiger partial charge in [-0.2, -0.15) is 0 Å². The number of phenolic OH excluding ortho intramolecular Hbond substituents is 1. The Morgan fingerprint density at radius 1 is 1.44 bits per heavy atom. The van der Waals surface area contributed by atoms with E-state index in [-0.39, 0.29) is 18.4 Å². The van der Waals surface area contributed by atoms with E-state index in [9.17, 15) is 15.3 Å². The van der Waals surface area contributed by atoms with Gasteiger partial charge in [-0.15, -0.1) is 0 Å². The van der Waals surface area contributed by atoms with Gasteiger partial charge in [0, 0.05) is 23.9 Å². The summed E-state index contributed by atoms with van der Waals surface area (Å²) in [5.74, 6) is 0.562. The molecule has 0 spiro atoms. The van der Waals surface area contributed by atoms with Crippen LogP contribution in [-0.2, 0) is 0 Å². The van der Waals surface area contributed by atoms with E-state index in [0.717, 1.165) is 18.7 Å². The Bertz CT molecular complexity index is 420. The van der Waals surface area contributed by atoms with Crippen molar-refractivity contribution in [3.8, 4) is 5.75 Å². The van der Waals surface area contributed by atoms with Gasteiger partial charge in [-0.1, -0.05) is 13.0 Å². The van der Waals surface area contributed by atoms with Gasteiger partial charge in [0.1, 0.15) is 5.75 Å². The molecular formula is C14H21NO3. The first-order chi connectivity index (χ1) is 8.54. The van der Waals surface area contributed by atoms with Crippen LogP contribution in [0.2, 0.25) is 0 Å². The van der Waals surface area contributed by atoms with Crippen molar-refractivity contribution in [1.29, 1.82) is 0 Å². The highest BCUT2D eigenvalue weighted by atomic mass is 16.3. The molecule has 4 heteroatoms. The molecule has 0 bridgehead atoms. The highest BCUT2D eigenvalue weighted by molar-refractivity contribution is 5.55. The highest BCUT2D eigenvalue weighted by Crippen LogP contribution is 2.34. The lowest BCUT2D eigenvalue weighted by atomic mass is 10.0. The predicted octanol–water partition coefficient (Wildman–Crippen LogP) is 1.65. The monoisotopic (exact) mass is 251 g/mol. The van der Waals surface area contributed by atoms with Gasteiger partial charge in [0.05, 0.1) is 18.8 Å². The standard InChI is InChI=1S/C14H21NO3/c1-9-5-6-15(13(9)8-16)11-3-4-12(10(2)17)14(18)7-11/h3-4,7,9-10,13,16-18H,5-6,8H2,1-2H3. The Kier molecular flexibility index (Phi) is 3.78. The van der Waals surface area contributed by atoms with Crippen molar-refractivity contribution in [2.45, 2.75) is 32.4 Å². The second kappa shape index (κ2) is 5.16. The molecule has 1 aromatic carbocycles. The Morgan fingerprint density at radius 2 is 2.17 bits per heavy atom. The van der Waals surface area contributed by atoms with Gasteiger partial charge in [-0.25, -0.2) is 0 Å². The van der Waals surface area contributed by atoms with Crippen molar-refractivity contribution in [2.75, 3.05) is 18.1 Å². The normalized spacial score (nSPS) is 25.4. The Hall–Kier alpha value is -1.26. The van der Waals surface area contributed by atoms with E-state index in [2.05, 4.69) is 11.8 Å². The molecule has 1 saturated heterocycles. The van der Waals surface area contributed by atoms with Crippen LogP contribution in [-0.4, -0.2) is 34.5 Å². The summed E-state index contributed by atoms with van der Waals surface area (Å²) >= 11 is 0. The summed E-state index contributed by atoms with van der Waals surface area (Å²) in [6.07, 6.45) is 0.370. The average Bonchev–Trinajstić information content (AvgIpc) is 2.69. The Balaban J connectivity index is 2.27. The SMILES string of the molecule is CC(O)c1ccc(N2CCC(C)C2CO)cc1O. The number of hydrogen-bond donors (Lipinski definition) is 3. The molecule has 0 aliphatic carbocycles. The zero-order chi connectivity index (χ0) is 13.3. The fourth-order valence-corrected chi connectivity index (χ4v) is 2.67. The zero-order valence-corrected chi connectivity index (χ0v) is 10.9. The summed E-state index contributed by atoms with van der Waals surface area (Å²) in [4.78, 5) is 2.12. The van der Waals surface area contributed by atoms with Crippen LogP contribution in [0.25, 0.3) is 0 Å². The third-order valence-corrected chi connectivity index (χ3v) is 3.87. The molecule has 3 unspecified atom stereocenters. The van der Waals surface area contributed by atoms with Gasteiger partial charge in [-0.05, 0) is 25.3 Å². The van der Waals surface area contributed by atoms with Crippen molar-refractivity contribution >= 4 is 5.69 Å². The molecule has 1 fully saturated rings. The van der Waals surface area contributed by atoms with Crippen molar-refractivity contribution < 1.29 is 15.3 Å². The number of aliphatic hydroxyl groups excluding tert-OH is 2. The highest BCUT2D eigenvalue weighted by Gasteiger charge is 2.30. The Labute approximate surface area is 107 Å². The van der Waals surface area contributed by atoms with Crippen molar-refractivity contribution in [3.63, 3.8) is 0 Å². The fraction of sp³-hybridized carbons (Fsp3) is 0.571. The summed E-state index contributed by atoms with van der Waals surface area (Å²) in [5, 5.41) is 28.8. The summed E-state index contributed by atoms with van der Waals surface area (Å²) in [7, 11) is 0. The number of nitrogens with zero attached hydrogens (tertiary/aromatic N) is 1. The average molecular weight is 251 g/mol. The number of phenols is 1. The van der Waals surface area contributed by atoms with Crippen LogP contribution in [0.4, 0.5) is 5.69 Å². The molecule has 3 atom stereocenters. The first-order valence-electron chi connectivity index (χ1n) is 6.43.